The van der Waals surface area contributed by atoms with Gasteiger partial charge in [-0.15, -0.1) is 0 Å². The Bertz CT molecular complexity index is 487. The van der Waals surface area contributed by atoms with Crippen LogP contribution < -0.4 is 15.4 Å². The highest BCUT2D eigenvalue weighted by Crippen LogP contribution is 2.20. The molecule has 0 bridgehead atoms. The first-order valence-electron chi connectivity index (χ1n) is 8.31. The number of nitrogens with zero attached hydrogens (tertiary/aromatic N) is 1. The molecule has 0 unspecified atom stereocenters. The maximum Gasteiger partial charge on any atom is 0.191 e. The van der Waals surface area contributed by atoms with Crippen LogP contribution in [-0.4, -0.2) is 39.4 Å². The number of ether oxygens (including phenoxy) is 2. The van der Waals surface area contributed by atoms with E-state index < -0.39 is 0 Å². The third-order valence-electron chi connectivity index (χ3n) is 3.26. The van der Waals surface area contributed by atoms with Gasteiger partial charge in [-0.3, -0.25) is 4.99 Å². The fourth-order valence-electron chi connectivity index (χ4n) is 2.00. The van der Waals surface area contributed by atoms with Crippen LogP contribution in [0.5, 0.6) is 5.75 Å². The van der Waals surface area contributed by atoms with Gasteiger partial charge in [-0.25, -0.2) is 0 Å². The van der Waals surface area contributed by atoms with E-state index in [-0.39, 0.29) is 0 Å². The summed E-state index contributed by atoms with van der Waals surface area (Å²) in [6.07, 6.45) is 0. The molecule has 0 spiro atoms. The Morgan fingerprint density at radius 1 is 1.22 bits per heavy atom. The van der Waals surface area contributed by atoms with E-state index in [4.69, 9.17) is 9.47 Å². The zero-order valence-electron chi connectivity index (χ0n) is 15.1. The average Bonchev–Trinajstić information content (AvgIpc) is 2.53. The van der Waals surface area contributed by atoms with Crippen LogP contribution in [-0.2, 0) is 11.3 Å². The van der Waals surface area contributed by atoms with Crippen molar-refractivity contribution in [2.45, 2.75) is 34.2 Å². The van der Waals surface area contributed by atoms with Crippen molar-refractivity contribution in [3.05, 3.63) is 29.3 Å². The molecule has 0 atom stereocenters. The topological polar surface area (TPSA) is 54.9 Å². The standard InChI is InChI=1S/C18H31N3O2/c1-6-22-9-10-23-17-11-15(4)7-8-16(17)13-21-18(19-5)20-12-14(2)3/h7-8,11,14H,6,9-10,12-13H2,1-5H3,(H2,19,20,21). The summed E-state index contributed by atoms with van der Waals surface area (Å²) >= 11 is 0. The van der Waals surface area contributed by atoms with Gasteiger partial charge in [0.05, 0.1) is 6.61 Å². The molecule has 0 aromatic heterocycles. The fraction of sp³-hybridized carbons (Fsp3) is 0.611. The van der Waals surface area contributed by atoms with Gasteiger partial charge in [-0.2, -0.15) is 0 Å². The SMILES string of the molecule is CCOCCOc1cc(C)ccc1CNC(=NC)NCC(C)C. The minimum atomic E-state index is 0.560. The lowest BCUT2D eigenvalue weighted by Gasteiger charge is -2.16. The average molecular weight is 321 g/mol. The van der Waals surface area contributed by atoms with Gasteiger partial charge in [0, 0.05) is 32.3 Å². The molecular formula is C18H31N3O2. The summed E-state index contributed by atoms with van der Waals surface area (Å²) in [6.45, 7) is 11.8. The molecule has 0 saturated carbocycles. The monoisotopic (exact) mass is 321 g/mol. The molecule has 1 rings (SSSR count). The predicted molar refractivity (Wildman–Crippen MR) is 96.2 cm³/mol. The summed E-state index contributed by atoms with van der Waals surface area (Å²) in [6, 6.07) is 6.25. The number of nitrogens with one attached hydrogen (secondary N) is 2. The van der Waals surface area contributed by atoms with Gasteiger partial charge in [-0.05, 0) is 31.4 Å². The molecule has 5 heteroatoms. The van der Waals surface area contributed by atoms with E-state index in [9.17, 15) is 0 Å². The molecule has 130 valence electrons. The second kappa shape index (κ2) is 10.9. The summed E-state index contributed by atoms with van der Waals surface area (Å²) in [4.78, 5) is 4.24. The smallest absolute Gasteiger partial charge is 0.191 e. The number of aliphatic imine (C=N–C) groups is 1. The maximum atomic E-state index is 5.86. The second-order valence-corrected chi connectivity index (χ2v) is 5.86. The molecular weight excluding hydrogens is 290 g/mol. The summed E-state index contributed by atoms with van der Waals surface area (Å²) in [5.41, 5.74) is 2.29. The van der Waals surface area contributed by atoms with E-state index in [1.54, 1.807) is 7.05 Å². The molecule has 23 heavy (non-hydrogen) atoms. The van der Waals surface area contributed by atoms with Gasteiger partial charge < -0.3 is 20.1 Å². The van der Waals surface area contributed by atoms with Crippen molar-refractivity contribution < 1.29 is 9.47 Å². The number of hydrogen-bond donors (Lipinski definition) is 2. The van der Waals surface area contributed by atoms with Crippen LogP contribution >= 0.6 is 0 Å². The zero-order valence-corrected chi connectivity index (χ0v) is 15.1. The van der Waals surface area contributed by atoms with Crippen LogP contribution in [0.3, 0.4) is 0 Å². The highest BCUT2D eigenvalue weighted by atomic mass is 16.5. The van der Waals surface area contributed by atoms with Gasteiger partial charge in [0.25, 0.3) is 0 Å². The number of aryl methyl sites for hydroxylation is 1. The first-order valence-corrected chi connectivity index (χ1v) is 8.31. The Labute approximate surface area is 140 Å². The number of benzene rings is 1. The summed E-state index contributed by atoms with van der Waals surface area (Å²) in [7, 11) is 1.78. The molecule has 0 amide bonds. The largest absolute Gasteiger partial charge is 0.491 e. The predicted octanol–water partition coefficient (Wildman–Crippen LogP) is 2.73. The van der Waals surface area contributed by atoms with E-state index in [0.29, 0.717) is 32.3 Å². The van der Waals surface area contributed by atoms with Gasteiger partial charge in [0.15, 0.2) is 5.96 Å². The summed E-state index contributed by atoms with van der Waals surface area (Å²) in [5.74, 6) is 2.28. The van der Waals surface area contributed by atoms with Crippen LogP contribution in [0.2, 0.25) is 0 Å². The lowest BCUT2D eigenvalue weighted by molar-refractivity contribution is 0.110. The number of hydrogen-bond acceptors (Lipinski definition) is 3. The molecule has 1 aromatic carbocycles. The van der Waals surface area contributed by atoms with Crippen LogP contribution in [0.4, 0.5) is 0 Å². The van der Waals surface area contributed by atoms with E-state index in [2.05, 4.69) is 54.6 Å². The Morgan fingerprint density at radius 3 is 2.65 bits per heavy atom. The maximum absolute atomic E-state index is 5.86. The number of guanidine groups is 1. The summed E-state index contributed by atoms with van der Waals surface area (Å²) < 4.78 is 11.2. The molecule has 1 aromatic rings. The molecule has 0 fully saturated rings. The second-order valence-electron chi connectivity index (χ2n) is 5.86. The van der Waals surface area contributed by atoms with Gasteiger partial charge in [0.2, 0.25) is 0 Å². The zero-order chi connectivity index (χ0) is 17.1. The normalized spacial score (nSPS) is 11.7. The van der Waals surface area contributed by atoms with E-state index in [0.717, 1.165) is 23.8 Å². The molecule has 0 heterocycles. The Balaban J connectivity index is 2.60. The molecule has 5 nitrogen and oxygen atoms in total. The van der Waals surface area contributed by atoms with Crippen molar-refractivity contribution in [2.75, 3.05) is 33.4 Å². The van der Waals surface area contributed by atoms with E-state index in [1.807, 2.05) is 6.92 Å². The van der Waals surface area contributed by atoms with Crippen molar-refractivity contribution in [1.29, 1.82) is 0 Å². The van der Waals surface area contributed by atoms with Crippen molar-refractivity contribution in [3.8, 4) is 5.75 Å². The third kappa shape index (κ3) is 7.88. The van der Waals surface area contributed by atoms with Crippen LogP contribution in [0.25, 0.3) is 0 Å². The minimum absolute atomic E-state index is 0.560. The molecule has 0 saturated heterocycles. The van der Waals surface area contributed by atoms with Crippen LogP contribution in [0.15, 0.2) is 23.2 Å². The first kappa shape index (κ1) is 19.3. The van der Waals surface area contributed by atoms with Crippen molar-refractivity contribution >= 4 is 5.96 Å². The fourth-order valence-corrected chi connectivity index (χ4v) is 2.00. The summed E-state index contributed by atoms with van der Waals surface area (Å²) in [5, 5.41) is 6.64. The molecule has 0 aliphatic rings. The lowest BCUT2D eigenvalue weighted by atomic mass is 10.1. The molecule has 0 aliphatic heterocycles. The lowest BCUT2D eigenvalue weighted by Crippen LogP contribution is -2.38. The van der Waals surface area contributed by atoms with Gasteiger partial charge >= 0.3 is 0 Å². The van der Waals surface area contributed by atoms with Crippen LogP contribution in [0.1, 0.15) is 31.9 Å². The van der Waals surface area contributed by atoms with Crippen molar-refractivity contribution in [2.24, 2.45) is 10.9 Å². The highest BCUT2D eigenvalue weighted by Gasteiger charge is 2.06. The molecule has 2 N–H and O–H groups in total. The highest BCUT2D eigenvalue weighted by molar-refractivity contribution is 5.79. The minimum Gasteiger partial charge on any atom is -0.491 e. The van der Waals surface area contributed by atoms with E-state index in [1.165, 1.54) is 5.56 Å². The molecule has 0 aliphatic carbocycles. The Hall–Kier alpha value is -1.75. The Morgan fingerprint density at radius 2 is 2.00 bits per heavy atom. The quantitative estimate of drug-likeness (QED) is 0.417. The van der Waals surface area contributed by atoms with Crippen molar-refractivity contribution in [3.63, 3.8) is 0 Å². The number of rotatable bonds is 9. The van der Waals surface area contributed by atoms with Crippen molar-refractivity contribution in [1.82, 2.24) is 10.6 Å². The molecule has 0 radical (unpaired) electrons. The Kier molecular flexibility index (Phi) is 9.14. The van der Waals surface area contributed by atoms with Gasteiger partial charge in [-0.1, -0.05) is 26.0 Å². The third-order valence-corrected chi connectivity index (χ3v) is 3.26. The van der Waals surface area contributed by atoms with Gasteiger partial charge in [0.1, 0.15) is 12.4 Å². The van der Waals surface area contributed by atoms with E-state index >= 15 is 0 Å². The van der Waals surface area contributed by atoms with Crippen LogP contribution in [0, 0.1) is 12.8 Å². The first-order chi connectivity index (χ1) is 11.1.